The highest BCUT2D eigenvalue weighted by Gasteiger charge is 2.18. The van der Waals surface area contributed by atoms with E-state index in [1.165, 1.54) is 7.11 Å². The smallest absolute Gasteiger partial charge is 0.338 e. The van der Waals surface area contributed by atoms with Crippen molar-refractivity contribution < 1.29 is 9.53 Å². The SMILES string of the molecule is COC(=O)c1ccccc1C(Br)c1ccccc1. The summed E-state index contributed by atoms with van der Waals surface area (Å²) in [5, 5.41) is 0. The van der Waals surface area contributed by atoms with Gasteiger partial charge in [-0.3, -0.25) is 0 Å². The van der Waals surface area contributed by atoms with Crippen molar-refractivity contribution in [2.75, 3.05) is 7.11 Å². The molecule has 1 atom stereocenters. The Labute approximate surface area is 115 Å². The first-order valence-corrected chi connectivity index (χ1v) is 6.52. The van der Waals surface area contributed by atoms with Gasteiger partial charge in [-0.25, -0.2) is 4.79 Å². The predicted molar refractivity (Wildman–Crippen MR) is 75.0 cm³/mol. The van der Waals surface area contributed by atoms with Crippen LogP contribution in [0, 0.1) is 0 Å². The van der Waals surface area contributed by atoms with Crippen molar-refractivity contribution in [2.45, 2.75) is 4.83 Å². The molecule has 1 unspecified atom stereocenters. The van der Waals surface area contributed by atoms with Crippen LogP contribution in [-0.4, -0.2) is 13.1 Å². The minimum Gasteiger partial charge on any atom is -0.465 e. The maximum Gasteiger partial charge on any atom is 0.338 e. The monoisotopic (exact) mass is 304 g/mol. The number of esters is 1. The van der Waals surface area contributed by atoms with Crippen LogP contribution in [0.4, 0.5) is 0 Å². The molecular formula is C15H13BrO2. The largest absolute Gasteiger partial charge is 0.465 e. The molecule has 0 saturated carbocycles. The number of methoxy groups -OCH3 is 1. The molecule has 92 valence electrons. The minimum atomic E-state index is -0.314. The Morgan fingerprint density at radius 2 is 1.67 bits per heavy atom. The van der Waals surface area contributed by atoms with Crippen LogP contribution in [0.5, 0.6) is 0 Å². The third-order valence-electron chi connectivity index (χ3n) is 2.73. The number of rotatable bonds is 3. The van der Waals surface area contributed by atoms with Gasteiger partial charge in [-0.05, 0) is 17.2 Å². The fourth-order valence-electron chi connectivity index (χ4n) is 1.82. The molecule has 2 rings (SSSR count). The third-order valence-corrected chi connectivity index (χ3v) is 3.75. The number of carbonyl (C=O) groups is 1. The van der Waals surface area contributed by atoms with E-state index in [4.69, 9.17) is 4.74 Å². The molecule has 0 heterocycles. The summed E-state index contributed by atoms with van der Waals surface area (Å²) in [4.78, 5) is 11.7. The van der Waals surface area contributed by atoms with Crippen molar-refractivity contribution in [3.8, 4) is 0 Å². The lowest BCUT2D eigenvalue weighted by Crippen LogP contribution is -2.07. The Bertz CT molecular complexity index is 537. The number of ether oxygens (including phenoxy) is 1. The van der Waals surface area contributed by atoms with Gasteiger partial charge in [0, 0.05) is 0 Å². The molecule has 0 spiro atoms. The van der Waals surface area contributed by atoms with Crippen molar-refractivity contribution >= 4 is 21.9 Å². The highest BCUT2D eigenvalue weighted by molar-refractivity contribution is 9.09. The molecule has 0 aromatic heterocycles. The van der Waals surface area contributed by atoms with Crippen LogP contribution in [0.3, 0.4) is 0 Å². The molecule has 0 aliphatic rings. The lowest BCUT2D eigenvalue weighted by Gasteiger charge is -2.14. The summed E-state index contributed by atoms with van der Waals surface area (Å²) >= 11 is 3.63. The number of benzene rings is 2. The van der Waals surface area contributed by atoms with Gasteiger partial charge in [-0.1, -0.05) is 64.5 Å². The van der Waals surface area contributed by atoms with E-state index in [9.17, 15) is 4.79 Å². The molecular weight excluding hydrogens is 292 g/mol. The van der Waals surface area contributed by atoms with E-state index in [1.807, 2.05) is 48.5 Å². The Morgan fingerprint density at radius 3 is 2.33 bits per heavy atom. The van der Waals surface area contributed by atoms with Crippen LogP contribution in [0.1, 0.15) is 26.3 Å². The summed E-state index contributed by atoms with van der Waals surface area (Å²) in [6, 6.07) is 17.4. The normalized spacial score (nSPS) is 11.9. The van der Waals surface area contributed by atoms with Crippen molar-refractivity contribution in [3.05, 3.63) is 71.3 Å². The Hall–Kier alpha value is -1.61. The first kappa shape index (κ1) is 12.8. The lowest BCUT2D eigenvalue weighted by molar-refractivity contribution is 0.0599. The quantitative estimate of drug-likeness (QED) is 0.634. The van der Waals surface area contributed by atoms with Crippen molar-refractivity contribution in [3.63, 3.8) is 0 Å². The highest BCUT2D eigenvalue weighted by atomic mass is 79.9. The van der Waals surface area contributed by atoms with Gasteiger partial charge in [-0.15, -0.1) is 0 Å². The molecule has 3 heteroatoms. The van der Waals surface area contributed by atoms with Gasteiger partial charge in [0.05, 0.1) is 17.5 Å². The second kappa shape index (κ2) is 5.83. The van der Waals surface area contributed by atoms with E-state index in [0.29, 0.717) is 5.56 Å². The van der Waals surface area contributed by atoms with Gasteiger partial charge >= 0.3 is 5.97 Å². The molecule has 18 heavy (non-hydrogen) atoms. The average molecular weight is 305 g/mol. The fourth-order valence-corrected chi connectivity index (χ4v) is 2.52. The molecule has 0 saturated heterocycles. The summed E-state index contributed by atoms with van der Waals surface area (Å²) in [6.45, 7) is 0. The van der Waals surface area contributed by atoms with Crippen LogP contribution in [0.2, 0.25) is 0 Å². The van der Waals surface area contributed by atoms with Crippen LogP contribution in [0.15, 0.2) is 54.6 Å². The Kier molecular flexibility index (Phi) is 4.15. The molecule has 0 bridgehead atoms. The molecule has 2 aromatic rings. The van der Waals surface area contributed by atoms with Crippen LogP contribution < -0.4 is 0 Å². The first-order valence-electron chi connectivity index (χ1n) is 5.60. The molecule has 0 fully saturated rings. The predicted octanol–water partition coefficient (Wildman–Crippen LogP) is 3.96. The van der Waals surface area contributed by atoms with Gasteiger partial charge in [-0.2, -0.15) is 0 Å². The van der Waals surface area contributed by atoms with Crippen molar-refractivity contribution in [1.82, 2.24) is 0 Å². The van der Waals surface area contributed by atoms with Gasteiger partial charge in [0.1, 0.15) is 0 Å². The van der Waals surface area contributed by atoms with Gasteiger partial charge < -0.3 is 4.74 Å². The standard InChI is InChI=1S/C15H13BrO2/c1-18-15(17)13-10-6-5-9-12(13)14(16)11-7-3-2-4-8-11/h2-10,14H,1H3. The van der Waals surface area contributed by atoms with Crippen LogP contribution in [-0.2, 0) is 4.74 Å². The maximum atomic E-state index is 11.7. The van der Waals surface area contributed by atoms with E-state index in [1.54, 1.807) is 6.07 Å². The number of halogens is 1. The summed E-state index contributed by atoms with van der Waals surface area (Å²) in [7, 11) is 1.39. The van der Waals surface area contributed by atoms with Crippen molar-refractivity contribution in [1.29, 1.82) is 0 Å². The minimum absolute atomic E-state index is 0.0194. The van der Waals surface area contributed by atoms with Crippen molar-refractivity contribution in [2.24, 2.45) is 0 Å². The van der Waals surface area contributed by atoms with Crippen LogP contribution >= 0.6 is 15.9 Å². The summed E-state index contributed by atoms with van der Waals surface area (Å²) < 4.78 is 4.80. The second-order valence-corrected chi connectivity index (χ2v) is 4.77. The number of hydrogen-bond donors (Lipinski definition) is 0. The number of alkyl halides is 1. The summed E-state index contributed by atoms with van der Waals surface area (Å²) in [5.74, 6) is -0.314. The van der Waals surface area contributed by atoms with E-state index in [0.717, 1.165) is 11.1 Å². The fraction of sp³-hybridized carbons (Fsp3) is 0.133. The molecule has 2 nitrogen and oxygen atoms in total. The maximum absolute atomic E-state index is 11.7. The zero-order chi connectivity index (χ0) is 13.0. The average Bonchev–Trinajstić information content (AvgIpc) is 2.46. The zero-order valence-electron chi connectivity index (χ0n) is 9.97. The molecule has 2 aromatic carbocycles. The van der Waals surface area contributed by atoms with E-state index in [-0.39, 0.29) is 10.8 Å². The Balaban J connectivity index is 2.42. The molecule has 0 aliphatic heterocycles. The van der Waals surface area contributed by atoms with Gasteiger partial charge in [0.2, 0.25) is 0 Å². The van der Waals surface area contributed by atoms with Gasteiger partial charge in [0.15, 0.2) is 0 Å². The Morgan fingerprint density at radius 1 is 1.06 bits per heavy atom. The van der Waals surface area contributed by atoms with E-state index in [2.05, 4.69) is 15.9 Å². The second-order valence-electron chi connectivity index (χ2n) is 3.85. The molecule has 0 N–H and O–H groups in total. The molecule has 0 radical (unpaired) electrons. The van der Waals surface area contributed by atoms with Crippen LogP contribution in [0.25, 0.3) is 0 Å². The topological polar surface area (TPSA) is 26.3 Å². The molecule has 0 amide bonds. The highest BCUT2D eigenvalue weighted by Crippen LogP contribution is 2.32. The van der Waals surface area contributed by atoms with E-state index >= 15 is 0 Å². The summed E-state index contributed by atoms with van der Waals surface area (Å²) in [5.41, 5.74) is 2.61. The zero-order valence-corrected chi connectivity index (χ0v) is 11.6. The number of hydrogen-bond acceptors (Lipinski definition) is 2. The molecule has 0 aliphatic carbocycles. The van der Waals surface area contributed by atoms with E-state index < -0.39 is 0 Å². The lowest BCUT2D eigenvalue weighted by atomic mass is 10.00. The first-order chi connectivity index (χ1) is 8.74. The third kappa shape index (κ3) is 2.62. The summed E-state index contributed by atoms with van der Waals surface area (Å²) in [6.07, 6.45) is 0. The van der Waals surface area contributed by atoms with Gasteiger partial charge in [0.25, 0.3) is 0 Å². The number of carbonyl (C=O) groups excluding carboxylic acids is 1.